The second kappa shape index (κ2) is 7.33. The van der Waals surface area contributed by atoms with E-state index >= 15 is 0 Å². The molecule has 0 saturated heterocycles. The van der Waals surface area contributed by atoms with Crippen LogP contribution in [0.3, 0.4) is 0 Å². The van der Waals surface area contributed by atoms with Crippen molar-refractivity contribution < 1.29 is 8.42 Å². The third-order valence-corrected chi connectivity index (χ3v) is 5.24. The Balaban J connectivity index is 2.68. The Kier molecular flexibility index (Phi) is 6.42. The van der Waals surface area contributed by atoms with Crippen molar-refractivity contribution >= 4 is 33.4 Å². The largest absolute Gasteiger partial charge is 0.243 e. The fourth-order valence-corrected chi connectivity index (χ4v) is 3.90. The van der Waals surface area contributed by atoms with Crippen molar-refractivity contribution in [3.63, 3.8) is 0 Å². The van der Waals surface area contributed by atoms with Crippen molar-refractivity contribution in [3.8, 4) is 0 Å². The van der Waals surface area contributed by atoms with Gasteiger partial charge in [-0.2, -0.15) is 11.8 Å². The van der Waals surface area contributed by atoms with Crippen LogP contribution in [0.15, 0.2) is 23.2 Å². The number of thioether (sulfide) groups is 1. The Labute approximate surface area is 118 Å². The molecule has 102 valence electrons. The topological polar surface area (TPSA) is 59.1 Å². The van der Waals surface area contributed by atoms with Gasteiger partial charge in [-0.3, -0.25) is 0 Å². The number of sulfonamides is 1. The molecule has 1 rings (SSSR count). The van der Waals surface area contributed by atoms with Gasteiger partial charge in [-0.25, -0.2) is 18.1 Å². The number of hydrogen-bond donors (Lipinski definition) is 1. The maximum absolute atomic E-state index is 12.1. The van der Waals surface area contributed by atoms with Gasteiger partial charge in [-0.05, 0) is 37.0 Å². The van der Waals surface area contributed by atoms with Gasteiger partial charge in [0.1, 0.15) is 10.0 Å². The SMILES string of the molecule is CCSCCC(C)NS(=O)(=O)c1cccnc1Cl. The lowest BCUT2D eigenvalue weighted by atomic mass is 10.3. The number of nitrogens with zero attached hydrogens (tertiary/aromatic N) is 1. The van der Waals surface area contributed by atoms with Gasteiger partial charge in [0.05, 0.1) is 0 Å². The lowest BCUT2D eigenvalue weighted by Crippen LogP contribution is -2.33. The molecule has 1 unspecified atom stereocenters. The molecule has 1 aromatic heterocycles. The normalized spacial score (nSPS) is 13.5. The number of rotatable bonds is 7. The number of halogens is 1. The van der Waals surface area contributed by atoms with Gasteiger partial charge in [0.15, 0.2) is 0 Å². The highest BCUT2D eigenvalue weighted by molar-refractivity contribution is 7.99. The summed E-state index contributed by atoms with van der Waals surface area (Å²) in [5.41, 5.74) is 0. The monoisotopic (exact) mass is 308 g/mol. The molecule has 0 bridgehead atoms. The zero-order chi connectivity index (χ0) is 13.6. The molecule has 0 aliphatic rings. The molecule has 1 heterocycles. The summed E-state index contributed by atoms with van der Waals surface area (Å²) in [7, 11) is -3.58. The first-order chi connectivity index (χ1) is 8.47. The van der Waals surface area contributed by atoms with E-state index in [-0.39, 0.29) is 16.1 Å². The fourth-order valence-electron chi connectivity index (χ4n) is 1.36. The van der Waals surface area contributed by atoms with Crippen molar-refractivity contribution in [1.82, 2.24) is 9.71 Å². The molecular weight excluding hydrogens is 292 g/mol. The zero-order valence-electron chi connectivity index (χ0n) is 10.4. The molecule has 0 saturated carbocycles. The van der Waals surface area contributed by atoms with Gasteiger partial charge in [0.2, 0.25) is 10.0 Å². The van der Waals surface area contributed by atoms with Gasteiger partial charge in [-0.15, -0.1) is 0 Å². The lowest BCUT2D eigenvalue weighted by molar-refractivity contribution is 0.557. The minimum absolute atomic E-state index is 0.000123. The van der Waals surface area contributed by atoms with Crippen molar-refractivity contribution in [2.45, 2.75) is 31.2 Å². The summed E-state index contributed by atoms with van der Waals surface area (Å²) >= 11 is 7.57. The molecule has 0 fully saturated rings. The molecular formula is C11H17ClN2O2S2. The molecule has 0 aliphatic heterocycles. The summed E-state index contributed by atoms with van der Waals surface area (Å²) < 4.78 is 26.7. The molecule has 0 aromatic carbocycles. The quantitative estimate of drug-likeness (QED) is 0.621. The van der Waals surface area contributed by atoms with E-state index in [0.29, 0.717) is 0 Å². The Hall–Kier alpha value is -0.300. The van der Waals surface area contributed by atoms with Crippen LogP contribution >= 0.6 is 23.4 Å². The Bertz CT molecular complexity index is 480. The van der Waals surface area contributed by atoms with Crippen LogP contribution in [-0.2, 0) is 10.0 Å². The first kappa shape index (κ1) is 15.8. The summed E-state index contributed by atoms with van der Waals surface area (Å²) in [6.07, 6.45) is 2.25. The third kappa shape index (κ3) is 4.76. The first-order valence-corrected chi connectivity index (χ1v) is 8.69. The standard InChI is InChI=1S/C11H17ClN2O2S2/c1-3-17-8-6-9(2)14-18(15,16)10-5-4-7-13-11(10)12/h4-5,7,9,14H,3,6,8H2,1-2H3. The number of aromatic nitrogens is 1. The van der Waals surface area contributed by atoms with E-state index in [9.17, 15) is 8.42 Å². The summed E-state index contributed by atoms with van der Waals surface area (Å²) in [6, 6.07) is 2.88. The van der Waals surface area contributed by atoms with Crippen LogP contribution in [0.4, 0.5) is 0 Å². The second-order valence-electron chi connectivity index (χ2n) is 3.80. The van der Waals surface area contributed by atoms with Crippen LogP contribution in [0.1, 0.15) is 20.3 Å². The molecule has 0 spiro atoms. The van der Waals surface area contributed by atoms with Gasteiger partial charge < -0.3 is 0 Å². The van der Waals surface area contributed by atoms with E-state index < -0.39 is 10.0 Å². The predicted molar refractivity (Wildman–Crippen MR) is 76.6 cm³/mol. The van der Waals surface area contributed by atoms with Crippen LogP contribution < -0.4 is 4.72 Å². The highest BCUT2D eigenvalue weighted by Crippen LogP contribution is 2.18. The minimum Gasteiger partial charge on any atom is -0.243 e. The van der Waals surface area contributed by atoms with Gasteiger partial charge >= 0.3 is 0 Å². The maximum atomic E-state index is 12.1. The average Bonchev–Trinajstić information content (AvgIpc) is 2.29. The van der Waals surface area contributed by atoms with E-state index in [4.69, 9.17) is 11.6 Å². The Morgan fingerprint density at radius 3 is 2.89 bits per heavy atom. The molecule has 0 radical (unpaired) electrons. The van der Waals surface area contributed by atoms with Crippen LogP contribution in [0, 0.1) is 0 Å². The second-order valence-corrected chi connectivity index (χ2v) is 7.23. The highest BCUT2D eigenvalue weighted by Gasteiger charge is 2.20. The van der Waals surface area contributed by atoms with Crippen LogP contribution in [0.5, 0.6) is 0 Å². The van der Waals surface area contributed by atoms with Crippen LogP contribution in [0.25, 0.3) is 0 Å². The molecule has 1 aromatic rings. The molecule has 0 aliphatic carbocycles. The molecule has 4 nitrogen and oxygen atoms in total. The van der Waals surface area contributed by atoms with Gasteiger partial charge in [-0.1, -0.05) is 18.5 Å². The lowest BCUT2D eigenvalue weighted by Gasteiger charge is -2.14. The summed E-state index contributed by atoms with van der Waals surface area (Å²) in [5.74, 6) is 1.97. The number of nitrogens with one attached hydrogen (secondary N) is 1. The summed E-state index contributed by atoms with van der Waals surface area (Å²) in [5, 5.41) is 0.000123. The van der Waals surface area contributed by atoms with Crippen molar-refractivity contribution in [3.05, 3.63) is 23.5 Å². The molecule has 1 atom stereocenters. The average molecular weight is 309 g/mol. The van der Waals surface area contributed by atoms with E-state index in [0.717, 1.165) is 17.9 Å². The van der Waals surface area contributed by atoms with E-state index in [1.165, 1.54) is 12.3 Å². The fraction of sp³-hybridized carbons (Fsp3) is 0.545. The summed E-state index contributed by atoms with van der Waals surface area (Å²) in [6.45, 7) is 3.92. The van der Waals surface area contributed by atoms with Crippen molar-refractivity contribution in [1.29, 1.82) is 0 Å². The first-order valence-electron chi connectivity index (χ1n) is 5.68. The minimum atomic E-state index is -3.58. The molecule has 0 amide bonds. The molecule has 1 N–H and O–H groups in total. The maximum Gasteiger partial charge on any atom is 0.243 e. The number of hydrogen-bond acceptors (Lipinski definition) is 4. The van der Waals surface area contributed by atoms with Crippen molar-refractivity contribution in [2.24, 2.45) is 0 Å². The van der Waals surface area contributed by atoms with Crippen LogP contribution in [0.2, 0.25) is 5.15 Å². The Morgan fingerprint density at radius 1 is 1.56 bits per heavy atom. The van der Waals surface area contributed by atoms with Crippen LogP contribution in [-0.4, -0.2) is 30.9 Å². The molecule has 7 heteroatoms. The highest BCUT2D eigenvalue weighted by atomic mass is 35.5. The summed E-state index contributed by atoms with van der Waals surface area (Å²) in [4.78, 5) is 3.80. The predicted octanol–water partition coefficient (Wildman–Crippen LogP) is 2.55. The van der Waals surface area contributed by atoms with E-state index in [1.54, 1.807) is 17.8 Å². The third-order valence-electron chi connectivity index (χ3n) is 2.27. The van der Waals surface area contributed by atoms with Gasteiger partial charge in [0.25, 0.3) is 0 Å². The molecule has 18 heavy (non-hydrogen) atoms. The van der Waals surface area contributed by atoms with Gasteiger partial charge in [0, 0.05) is 12.2 Å². The number of pyridine rings is 1. The smallest absolute Gasteiger partial charge is 0.243 e. The van der Waals surface area contributed by atoms with Crippen molar-refractivity contribution in [2.75, 3.05) is 11.5 Å². The van der Waals surface area contributed by atoms with E-state index in [2.05, 4.69) is 16.6 Å². The zero-order valence-corrected chi connectivity index (χ0v) is 12.8. The van der Waals surface area contributed by atoms with E-state index in [1.807, 2.05) is 6.92 Å². The Morgan fingerprint density at radius 2 is 2.28 bits per heavy atom.